The topological polar surface area (TPSA) is 66.8 Å². The van der Waals surface area contributed by atoms with E-state index in [0.29, 0.717) is 17.9 Å². The van der Waals surface area contributed by atoms with Crippen LogP contribution in [0.5, 0.6) is 5.75 Å². The van der Waals surface area contributed by atoms with Gasteiger partial charge in [-0.3, -0.25) is 9.59 Å². The van der Waals surface area contributed by atoms with Crippen LogP contribution >= 0.6 is 0 Å². The van der Waals surface area contributed by atoms with Gasteiger partial charge in [0.05, 0.1) is 18.7 Å². The molecular weight excluding hydrogens is 486 g/mol. The van der Waals surface area contributed by atoms with E-state index in [-0.39, 0.29) is 11.3 Å². The third-order valence-electron chi connectivity index (χ3n) is 7.77. The molecule has 1 aliphatic heterocycles. The summed E-state index contributed by atoms with van der Waals surface area (Å²) in [5, 5.41) is 11.1. The Labute approximate surface area is 235 Å². The van der Waals surface area contributed by atoms with Crippen molar-refractivity contribution in [1.29, 1.82) is 0 Å². The first-order chi connectivity index (χ1) is 19.1. The third kappa shape index (κ3) is 8.98. The second-order valence-electron chi connectivity index (χ2n) is 10.7. The average molecular weight is 534 g/mol. The van der Waals surface area contributed by atoms with E-state index in [0.717, 1.165) is 24.8 Å². The van der Waals surface area contributed by atoms with Gasteiger partial charge in [-0.25, -0.2) is 0 Å². The summed E-state index contributed by atoms with van der Waals surface area (Å²) >= 11 is 0. The van der Waals surface area contributed by atoms with Crippen LogP contribution in [0.4, 0.5) is 0 Å². The minimum Gasteiger partial charge on any atom is -0.507 e. The molecule has 0 saturated carbocycles. The number of hydrogen-bond acceptors (Lipinski definition) is 4. The highest BCUT2D eigenvalue weighted by Gasteiger charge is 2.45. The number of amides is 1. The number of hydrogen-bond donors (Lipinski definition) is 1. The van der Waals surface area contributed by atoms with Crippen molar-refractivity contribution in [3.05, 3.63) is 71.3 Å². The molecule has 2 aromatic carbocycles. The normalized spacial score (nSPS) is 16.7. The number of ketones is 1. The number of aliphatic hydroxyl groups is 1. The lowest BCUT2D eigenvalue weighted by atomic mass is 9.95. The highest BCUT2D eigenvalue weighted by Crippen LogP contribution is 2.40. The van der Waals surface area contributed by atoms with Gasteiger partial charge in [-0.05, 0) is 24.1 Å². The molecule has 0 spiro atoms. The summed E-state index contributed by atoms with van der Waals surface area (Å²) in [6.45, 7) is 2.75. The number of benzene rings is 2. The lowest BCUT2D eigenvalue weighted by Crippen LogP contribution is -2.30. The van der Waals surface area contributed by atoms with Gasteiger partial charge in [0, 0.05) is 12.1 Å². The molecule has 3 rings (SSSR count). The molecule has 1 unspecified atom stereocenters. The van der Waals surface area contributed by atoms with Crippen LogP contribution in [0.15, 0.2) is 60.2 Å². The number of rotatable bonds is 18. The molecular formula is C34H47NO4. The molecule has 212 valence electrons. The van der Waals surface area contributed by atoms with E-state index in [4.69, 9.17) is 4.74 Å². The molecule has 1 atom stereocenters. The van der Waals surface area contributed by atoms with Crippen molar-refractivity contribution in [3.8, 4) is 5.75 Å². The van der Waals surface area contributed by atoms with Crippen LogP contribution in [0, 0.1) is 0 Å². The van der Waals surface area contributed by atoms with Crippen LogP contribution in [0.2, 0.25) is 0 Å². The van der Waals surface area contributed by atoms with Crippen molar-refractivity contribution in [2.24, 2.45) is 0 Å². The highest BCUT2D eigenvalue weighted by atomic mass is 16.5. The molecule has 0 radical (unpaired) electrons. The molecule has 0 aromatic heterocycles. The lowest BCUT2D eigenvalue weighted by Gasteiger charge is -2.25. The van der Waals surface area contributed by atoms with Gasteiger partial charge in [0.2, 0.25) is 0 Å². The number of likely N-dealkylation sites (tertiary alicyclic amines) is 1. The number of Topliss-reactive ketones (excluding diaryl/α,β-unsaturated/α-hetero) is 1. The molecule has 5 nitrogen and oxygen atoms in total. The van der Waals surface area contributed by atoms with Crippen molar-refractivity contribution in [3.63, 3.8) is 0 Å². The quantitative estimate of drug-likeness (QED) is 0.0901. The van der Waals surface area contributed by atoms with Gasteiger partial charge in [-0.15, -0.1) is 0 Å². The van der Waals surface area contributed by atoms with Crippen molar-refractivity contribution in [1.82, 2.24) is 4.90 Å². The lowest BCUT2D eigenvalue weighted by molar-refractivity contribution is -0.139. The number of unbranched alkanes of at least 4 members (excludes halogenated alkanes) is 13. The van der Waals surface area contributed by atoms with E-state index in [9.17, 15) is 14.7 Å². The molecule has 2 aromatic rings. The second-order valence-corrected chi connectivity index (χ2v) is 10.7. The van der Waals surface area contributed by atoms with E-state index in [1.54, 1.807) is 24.1 Å². The Morgan fingerprint density at radius 1 is 0.744 bits per heavy atom. The number of carbonyl (C=O) groups is 2. The minimum atomic E-state index is -0.623. The van der Waals surface area contributed by atoms with E-state index in [2.05, 4.69) is 6.92 Å². The Morgan fingerprint density at radius 3 is 1.77 bits per heavy atom. The number of ether oxygens (including phenoxy) is 1. The summed E-state index contributed by atoms with van der Waals surface area (Å²) in [7, 11) is 1.60. The summed E-state index contributed by atoms with van der Waals surface area (Å²) in [6, 6.07) is 15.7. The fraction of sp³-hybridized carbons (Fsp3) is 0.529. The van der Waals surface area contributed by atoms with Gasteiger partial charge in [-0.1, -0.05) is 133 Å². The summed E-state index contributed by atoms with van der Waals surface area (Å²) in [4.78, 5) is 27.9. The van der Waals surface area contributed by atoms with Crippen molar-refractivity contribution in [2.75, 3.05) is 13.7 Å². The maximum absolute atomic E-state index is 13.2. The van der Waals surface area contributed by atoms with Gasteiger partial charge in [-0.2, -0.15) is 0 Å². The van der Waals surface area contributed by atoms with Gasteiger partial charge in [0.15, 0.2) is 0 Å². The van der Waals surface area contributed by atoms with Crippen LogP contribution < -0.4 is 4.74 Å². The first-order valence-corrected chi connectivity index (χ1v) is 15.1. The van der Waals surface area contributed by atoms with Crippen molar-refractivity contribution in [2.45, 2.75) is 103 Å². The first-order valence-electron chi connectivity index (χ1n) is 15.1. The molecule has 5 heteroatoms. The molecule has 1 N–H and O–H groups in total. The molecule has 1 saturated heterocycles. The standard InChI is InChI=1S/C34H47NO4/c1-3-4-5-6-7-8-9-10-11-12-13-14-15-19-26-35-31(27-22-24-29(39-2)25-23-27)30(33(37)34(35)38)32(36)28-20-17-16-18-21-28/h16-18,20-25,31,36H,3-15,19,26H2,1-2H3/b32-30+. The van der Waals surface area contributed by atoms with Gasteiger partial charge >= 0.3 is 0 Å². The monoisotopic (exact) mass is 533 g/mol. The average Bonchev–Trinajstić information content (AvgIpc) is 3.22. The molecule has 1 fully saturated rings. The smallest absolute Gasteiger partial charge is 0.295 e. The van der Waals surface area contributed by atoms with E-state index >= 15 is 0 Å². The number of methoxy groups -OCH3 is 1. The van der Waals surface area contributed by atoms with Crippen LogP contribution in [0.25, 0.3) is 5.76 Å². The first kappa shape index (κ1) is 30.5. The van der Waals surface area contributed by atoms with E-state index < -0.39 is 17.7 Å². The number of nitrogens with zero attached hydrogens (tertiary/aromatic N) is 1. The SMILES string of the molecule is CCCCCCCCCCCCCCCCN1C(=O)C(=O)/C(=C(/O)c2ccccc2)C1c1ccc(OC)cc1. The largest absolute Gasteiger partial charge is 0.507 e. The van der Waals surface area contributed by atoms with Gasteiger partial charge in [0.25, 0.3) is 11.7 Å². The molecule has 1 amide bonds. The fourth-order valence-corrected chi connectivity index (χ4v) is 5.47. The second kappa shape index (κ2) is 16.8. The molecule has 0 aliphatic carbocycles. The zero-order valence-electron chi connectivity index (χ0n) is 24.0. The van der Waals surface area contributed by atoms with Crippen LogP contribution in [-0.2, 0) is 9.59 Å². The predicted molar refractivity (Wildman–Crippen MR) is 159 cm³/mol. The van der Waals surface area contributed by atoms with Crippen LogP contribution in [0.1, 0.15) is 114 Å². The summed E-state index contributed by atoms with van der Waals surface area (Å²) in [6.07, 6.45) is 17.7. The van der Waals surface area contributed by atoms with Crippen molar-refractivity contribution < 1.29 is 19.4 Å². The number of carbonyl (C=O) groups excluding carboxylic acids is 2. The molecule has 1 heterocycles. The van der Waals surface area contributed by atoms with E-state index in [1.165, 1.54) is 70.6 Å². The highest BCUT2D eigenvalue weighted by molar-refractivity contribution is 6.46. The van der Waals surface area contributed by atoms with E-state index in [1.807, 2.05) is 42.5 Å². The summed E-state index contributed by atoms with van der Waals surface area (Å²) in [5.41, 5.74) is 1.48. The summed E-state index contributed by atoms with van der Waals surface area (Å²) in [5.74, 6) is -0.588. The zero-order valence-corrected chi connectivity index (χ0v) is 24.0. The zero-order chi connectivity index (χ0) is 27.9. The Morgan fingerprint density at radius 2 is 1.26 bits per heavy atom. The Hall–Kier alpha value is -3.08. The van der Waals surface area contributed by atoms with Crippen LogP contribution in [0.3, 0.4) is 0 Å². The number of aliphatic hydroxyl groups excluding tert-OH is 1. The maximum Gasteiger partial charge on any atom is 0.295 e. The summed E-state index contributed by atoms with van der Waals surface area (Å²) < 4.78 is 5.29. The molecule has 39 heavy (non-hydrogen) atoms. The molecule has 1 aliphatic rings. The maximum atomic E-state index is 13.2. The van der Waals surface area contributed by atoms with Gasteiger partial charge in [0.1, 0.15) is 11.5 Å². The third-order valence-corrected chi connectivity index (χ3v) is 7.77. The van der Waals surface area contributed by atoms with Crippen molar-refractivity contribution >= 4 is 17.4 Å². The molecule has 0 bridgehead atoms. The van der Waals surface area contributed by atoms with Crippen LogP contribution in [-0.4, -0.2) is 35.4 Å². The van der Waals surface area contributed by atoms with Gasteiger partial charge < -0.3 is 14.7 Å². The predicted octanol–water partition coefficient (Wildman–Crippen LogP) is 8.60. The Balaban J connectivity index is 1.52. The fourth-order valence-electron chi connectivity index (χ4n) is 5.47. The Bertz CT molecular complexity index is 1040. The Kier molecular flexibility index (Phi) is 13.1. The minimum absolute atomic E-state index is 0.127.